The fourth-order valence-corrected chi connectivity index (χ4v) is 1.97. The molecule has 0 aliphatic rings. The lowest BCUT2D eigenvalue weighted by Crippen LogP contribution is -2.25. The maximum atomic E-state index is 9.00. The van der Waals surface area contributed by atoms with Gasteiger partial charge in [0.2, 0.25) is 0 Å². The van der Waals surface area contributed by atoms with E-state index in [1.54, 1.807) is 7.11 Å². The Morgan fingerprint density at radius 3 is 2.89 bits per heavy atom. The molecule has 1 aromatic rings. The molecule has 1 rings (SSSR count). The van der Waals surface area contributed by atoms with E-state index in [-0.39, 0.29) is 6.61 Å². The molecule has 0 unspecified atom stereocenters. The molecule has 0 spiro atoms. The Balaban J connectivity index is 2.73. The molecule has 4 nitrogen and oxygen atoms in total. The first-order chi connectivity index (χ1) is 8.70. The largest absolute Gasteiger partial charge is 0.395 e. The molecule has 0 bridgehead atoms. The van der Waals surface area contributed by atoms with Gasteiger partial charge in [0.05, 0.1) is 13.2 Å². The molecule has 0 aromatic heterocycles. The van der Waals surface area contributed by atoms with Crippen molar-refractivity contribution in [3.63, 3.8) is 0 Å². The molecule has 0 fully saturated rings. The highest BCUT2D eigenvalue weighted by molar-refractivity contribution is 6.31. The highest BCUT2D eigenvalue weighted by atomic mass is 35.5. The van der Waals surface area contributed by atoms with E-state index in [4.69, 9.17) is 21.4 Å². The highest BCUT2D eigenvalue weighted by Crippen LogP contribution is 2.26. The lowest BCUT2D eigenvalue weighted by Gasteiger charge is -2.22. The van der Waals surface area contributed by atoms with Gasteiger partial charge in [0.25, 0.3) is 0 Å². The molecule has 18 heavy (non-hydrogen) atoms. The third-order valence-electron chi connectivity index (χ3n) is 2.73. The molecule has 0 saturated heterocycles. The molecule has 0 heterocycles. The van der Waals surface area contributed by atoms with Crippen LogP contribution in [0.1, 0.15) is 5.56 Å². The van der Waals surface area contributed by atoms with Crippen LogP contribution in [0.15, 0.2) is 18.2 Å². The van der Waals surface area contributed by atoms with Gasteiger partial charge < -0.3 is 20.1 Å². The third-order valence-corrected chi connectivity index (χ3v) is 3.08. The van der Waals surface area contributed by atoms with E-state index in [0.29, 0.717) is 19.7 Å². The second kappa shape index (κ2) is 8.32. The van der Waals surface area contributed by atoms with E-state index in [1.165, 1.54) is 0 Å². The average Bonchev–Trinajstić information content (AvgIpc) is 2.36. The van der Waals surface area contributed by atoms with Crippen molar-refractivity contribution in [2.75, 3.05) is 45.4 Å². The van der Waals surface area contributed by atoms with Crippen molar-refractivity contribution in [2.45, 2.75) is 6.54 Å². The normalized spacial score (nSPS) is 10.7. The van der Waals surface area contributed by atoms with E-state index in [9.17, 15) is 0 Å². The first-order valence-corrected chi connectivity index (χ1v) is 6.37. The van der Waals surface area contributed by atoms with Crippen molar-refractivity contribution >= 4 is 17.3 Å². The van der Waals surface area contributed by atoms with Crippen LogP contribution < -0.4 is 10.2 Å². The summed E-state index contributed by atoms with van der Waals surface area (Å²) in [6.07, 6.45) is 0. The van der Waals surface area contributed by atoms with Crippen molar-refractivity contribution in [3.05, 3.63) is 28.8 Å². The molecular formula is C13H21ClN2O2. The molecule has 0 saturated carbocycles. The van der Waals surface area contributed by atoms with Gasteiger partial charge in [-0.3, -0.25) is 0 Å². The van der Waals surface area contributed by atoms with Crippen LogP contribution >= 0.6 is 11.6 Å². The van der Waals surface area contributed by atoms with E-state index < -0.39 is 0 Å². The minimum absolute atomic E-state index is 0.125. The number of nitrogens with one attached hydrogen (secondary N) is 1. The monoisotopic (exact) mass is 272 g/mol. The molecule has 2 N–H and O–H groups in total. The number of halogens is 1. The van der Waals surface area contributed by atoms with Gasteiger partial charge in [0, 0.05) is 50.1 Å². The number of methoxy groups -OCH3 is 1. The lowest BCUT2D eigenvalue weighted by atomic mass is 10.1. The number of aliphatic hydroxyl groups excluding tert-OH is 1. The number of hydrogen-bond donors (Lipinski definition) is 2. The third kappa shape index (κ3) is 4.46. The zero-order chi connectivity index (χ0) is 13.4. The first-order valence-electron chi connectivity index (χ1n) is 5.99. The minimum Gasteiger partial charge on any atom is -0.395 e. The predicted octanol–water partition coefficient (Wildman–Crippen LogP) is 1.50. The standard InChI is InChI=1S/C13H21ClN2O2/c1-16(7-8-17)13-5-3-4-12(14)11(13)10-15-6-9-18-2/h3-5,15,17H,6-10H2,1-2H3. The maximum Gasteiger partial charge on any atom is 0.0606 e. The number of anilines is 1. The van der Waals surface area contributed by atoms with Gasteiger partial charge in [-0.25, -0.2) is 0 Å². The van der Waals surface area contributed by atoms with Gasteiger partial charge in [-0.15, -0.1) is 0 Å². The molecule has 0 aliphatic heterocycles. The number of nitrogens with zero attached hydrogens (tertiary/aromatic N) is 1. The van der Waals surface area contributed by atoms with Gasteiger partial charge in [-0.1, -0.05) is 17.7 Å². The van der Waals surface area contributed by atoms with Crippen molar-refractivity contribution in [3.8, 4) is 0 Å². The summed E-state index contributed by atoms with van der Waals surface area (Å²) >= 11 is 6.23. The highest BCUT2D eigenvalue weighted by Gasteiger charge is 2.10. The minimum atomic E-state index is 0.125. The Morgan fingerprint density at radius 2 is 2.22 bits per heavy atom. The molecular weight excluding hydrogens is 252 g/mol. The fraction of sp³-hybridized carbons (Fsp3) is 0.538. The maximum absolute atomic E-state index is 9.00. The predicted molar refractivity (Wildman–Crippen MR) is 75.4 cm³/mol. The summed E-state index contributed by atoms with van der Waals surface area (Å²) in [5, 5.41) is 13.0. The van der Waals surface area contributed by atoms with Crippen molar-refractivity contribution in [2.24, 2.45) is 0 Å². The Bertz CT molecular complexity index is 361. The van der Waals surface area contributed by atoms with Crippen LogP contribution in [0.4, 0.5) is 5.69 Å². The summed E-state index contributed by atoms with van der Waals surface area (Å²) in [5.74, 6) is 0. The molecule has 1 aromatic carbocycles. The van der Waals surface area contributed by atoms with E-state index >= 15 is 0 Å². The van der Waals surface area contributed by atoms with Crippen LogP contribution in [0.25, 0.3) is 0 Å². The summed E-state index contributed by atoms with van der Waals surface area (Å²) in [6, 6.07) is 5.81. The Kier molecular flexibility index (Phi) is 7.05. The summed E-state index contributed by atoms with van der Waals surface area (Å²) < 4.78 is 4.99. The molecule has 102 valence electrons. The molecule has 0 amide bonds. The van der Waals surface area contributed by atoms with Gasteiger partial charge in [0.1, 0.15) is 0 Å². The number of rotatable bonds is 8. The number of likely N-dealkylation sites (N-methyl/N-ethyl adjacent to an activating group) is 1. The molecule has 0 atom stereocenters. The Labute approximate surface area is 114 Å². The molecule has 0 aliphatic carbocycles. The van der Waals surface area contributed by atoms with Crippen molar-refractivity contribution in [1.82, 2.24) is 5.32 Å². The Hall–Kier alpha value is -0.810. The van der Waals surface area contributed by atoms with Crippen LogP contribution in [-0.4, -0.2) is 45.6 Å². The van der Waals surface area contributed by atoms with Crippen LogP contribution in [-0.2, 0) is 11.3 Å². The van der Waals surface area contributed by atoms with Gasteiger partial charge in [-0.2, -0.15) is 0 Å². The van der Waals surface area contributed by atoms with Crippen molar-refractivity contribution in [1.29, 1.82) is 0 Å². The summed E-state index contributed by atoms with van der Waals surface area (Å²) in [7, 11) is 3.62. The SMILES string of the molecule is COCCNCc1c(Cl)cccc1N(C)CCO. The zero-order valence-electron chi connectivity index (χ0n) is 10.9. The van der Waals surface area contributed by atoms with Crippen LogP contribution in [0.2, 0.25) is 5.02 Å². The van der Waals surface area contributed by atoms with Crippen molar-refractivity contribution < 1.29 is 9.84 Å². The van der Waals surface area contributed by atoms with Gasteiger partial charge in [0.15, 0.2) is 0 Å². The van der Waals surface area contributed by atoms with Gasteiger partial charge in [-0.05, 0) is 12.1 Å². The number of aliphatic hydroxyl groups is 1. The van der Waals surface area contributed by atoms with E-state index in [0.717, 1.165) is 22.8 Å². The fourth-order valence-electron chi connectivity index (χ4n) is 1.74. The summed E-state index contributed by atoms with van der Waals surface area (Å²) in [4.78, 5) is 2.00. The number of benzene rings is 1. The first kappa shape index (κ1) is 15.2. The summed E-state index contributed by atoms with van der Waals surface area (Å²) in [6.45, 7) is 2.86. The lowest BCUT2D eigenvalue weighted by molar-refractivity contribution is 0.199. The quantitative estimate of drug-likeness (QED) is 0.704. The second-order valence-electron chi connectivity index (χ2n) is 4.05. The van der Waals surface area contributed by atoms with Crippen LogP contribution in [0.5, 0.6) is 0 Å². The molecule has 5 heteroatoms. The zero-order valence-corrected chi connectivity index (χ0v) is 11.7. The van der Waals surface area contributed by atoms with Crippen LogP contribution in [0.3, 0.4) is 0 Å². The number of ether oxygens (including phenoxy) is 1. The van der Waals surface area contributed by atoms with Gasteiger partial charge >= 0.3 is 0 Å². The number of hydrogen-bond acceptors (Lipinski definition) is 4. The van der Waals surface area contributed by atoms with Crippen LogP contribution in [0, 0.1) is 0 Å². The summed E-state index contributed by atoms with van der Waals surface area (Å²) in [5.41, 5.74) is 2.09. The topological polar surface area (TPSA) is 44.7 Å². The average molecular weight is 273 g/mol. The van der Waals surface area contributed by atoms with E-state index in [1.807, 2.05) is 30.1 Å². The Morgan fingerprint density at radius 1 is 1.44 bits per heavy atom. The smallest absolute Gasteiger partial charge is 0.0606 e. The second-order valence-corrected chi connectivity index (χ2v) is 4.46. The van der Waals surface area contributed by atoms with E-state index in [2.05, 4.69) is 5.32 Å². The molecule has 0 radical (unpaired) electrons.